The Kier molecular flexibility index (Phi) is 6.52. The van der Waals surface area contributed by atoms with Gasteiger partial charge in [0.15, 0.2) is 5.16 Å². The van der Waals surface area contributed by atoms with Gasteiger partial charge in [-0.25, -0.2) is 4.98 Å². The molecule has 1 N–H and O–H groups in total. The lowest BCUT2D eigenvalue weighted by Crippen LogP contribution is -2.22. The van der Waals surface area contributed by atoms with E-state index in [1.165, 1.54) is 23.0 Å². The van der Waals surface area contributed by atoms with Crippen LogP contribution < -0.4 is 15.6 Å². The Morgan fingerprint density at radius 2 is 1.94 bits per heavy atom. The molecule has 0 aliphatic heterocycles. The molecule has 6 nitrogen and oxygen atoms in total. The topological polar surface area (TPSA) is 73.2 Å². The van der Waals surface area contributed by atoms with Gasteiger partial charge in [-0.2, -0.15) is 0 Å². The third-order valence-electron chi connectivity index (χ3n) is 4.25. The number of ether oxygens (including phenoxy) is 1. The number of carbonyl (C=O) groups excluding carboxylic acids is 1. The number of amides is 1. The molecule has 0 spiro atoms. The van der Waals surface area contributed by atoms with Crippen molar-refractivity contribution in [3.05, 3.63) is 74.3 Å². The summed E-state index contributed by atoms with van der Waals surface area (Å²) in [6.07, 6.45) is 0. The second-order valence-electron chi connectivity index (χ2n) is 6.34. The molecule has 10 heteroatoms. The largest absolute Gasteiger partial charge is 0.495 e. The zero-order valence-corrected chi connectivity index (χ0v) is 19.2. The highest BCUT2D eigenvalue weighted by atomic mass is 35.5. The monoisotopic (exact) mass is 491 g/mol. The van der Waals surface area contributed by atoms with Gasteiger partial charge in [0.05, 0.1) is 24.1 Å². The number of halogens is 2. The van der Waals surface area contributed by atoms with Crippen molar-refractivity contribution in [1.29, 1.82) is 0 Å². The molecular weight excluding hydrogens is 477 g/mol. The number of thiophene rings is 1. The summed E-state index contributed by atoms with van der Waals surface area (Å²) in [5.41, 5.74) is 1.42. The summed E-state index contributed by atoms with van der Waals surface area (Å²) < 4.78 is 7.45. The molecule has 4 rings (SSSR count). The van der Waals surface area contributed by atoms with Gasteiger partial charge in [0, 0.05) is 15.7 Å². The quantitative estimate of drug-likeness (QED) is 0.285. The van der Waals surface area contributed by atoms with E-state index in [0.29, 0.717) is 42.5 Å². The van der Waals surface area contributed by atoms with Crippen LogP contribution in [0.4, 0.5) is 5.69 Å². The highest BCUT2D eigenvalue weighted by Crippen LogP contribution is 2.28. The van der Waals surface area contributed by atoms with Gasteiger partial charge in [0.25, 0.3) is 5.56 Å². The number of hydrogen-bond acceptors (Lipinski definition) is 6. The molecule has 2 heterocycles. The molecule has 2 aromatic carbocycles. The van der Waals surface area contributed by atoms with Crippen LogP contribution in [0.5, 0.6) is 5.75 Å². The first-order valence-corrected chi connectivity index (χ1v) is 11.6. The van der Waals surface area contributed by atoms with E-state index in [1.54, 1.807) is 36.4 Å². The first-order chi connectivity index (χ1) is 15.0. The summed E-state index contributed by atoms with van der Waals surface area (Å²) in [5.74, 6) is 0.276. The van der Waals surface area contributed by atoms with Gasteiger partial charge in [0.2, 0.25) is 5.91 Å². The maximum Gasteiger partial charge on any atom is 0.276 e. The maximum atomic E-state index is 13.2. The molecule has 4 aromatic rings. The summed E-state index contributed by atoms with van der Waals surface area (Å²) in [6.45, 7) is 0. The van der Waals surface area contributed by atoms with Crippen LogP contribution in [0, 0.1) is 0 Å². The van der Waals surface area contributed by atoms with Crippen LogP contribution in [0.2, 0.25) is 10.0 Å². The van der Waals surface area contributed by atoms with Gasteiger partial charge in [-0.05, 0) is 41.8 Å². The van der Waals surface area contributed by atoms with Crippen molar-refractivity contribution in [3.63, 3.8) is 0 Å². The lowest BCUT2D eigenvalue weighted by molar-refractivity contribution is -0.113. The molecular formula is C21H15Cl2N3O3S2. The number of hydrogen-bond donors (Lipinski definition) is 1. The zero-order valence-electron chi connectivity index (χ0n) is 16.1. The second-order valence-corrected chi connectivity index (χ2v) is 9.07. The summed E-state index contributed by atoms with van der Waals surface area (Å²) in [4.78, 5) is 30.4. The Morgan fingerprint density at radius 3 is 2.68 bits per heavy atom. The van der Waals surface area contributed by atoms with Crippen molar-refractivity contribution in [2.24, 2.45) is 0 Å². The number of anilines is 1. The Morgan fingerprint density at radius 1 is 1.19 bits per heavy atom. The number of rotatable bonds is 6. The Balaban J connectivity index is 1.67. The summed E-state index contributed by atoms with van der Waals surface area (Å²) in [7, 11) is 1.54. The number of nitrogens with one attached hydrogen (secondary N) is 1. The minimum atomic E-state index is -0.283. The Bertz CT molecular complexity index is 1320. The van der Waals surface area contributed by atoms with E-state index in [2.05, 4.69) is 10.3 Å². The number of nitrogens with zero attached hydrogens (tertiary/aromatic N) is 2. The predicted octanol–water partition coefficient (Wildman–Crippen LogP) is 5.49. The molecule has 0 bridgehead atoms. The van der Waals surface area contributed by atoms with Gasteiger partial charge in [0.1, 0.15) is 10.4 Å². The number of para-hydroxylation sites is 2. The van der Waals surface area contributed by atoms with Crippen molar-refractivity contribution in [2.75, 3.05) is 18.2 Å². The third kappa shape index (κ3) is 4.72. The first kappa shape index (κ1) is 21.7. The number of methoxy groups -OCH3 is 1. The van der Waals surface area contributed by atoms with Crippen molar-refractivity contribution in [2.45, 2.75) is 5.16 Å². The normalized spacial score (nSPS) is 10.9. The molecule has 0 radical (unpaired) electrons. The molecule has 31 heavy (non-hydrogen) atoms. The summed E-state index contributed by atoms with van der Waals surface area (Å²) in [5, 5.41) is 5.80. The average molecular weight is 492 g/mol. The SMILES string of the molecule is COc1ccccc1-n1c(SCC(=O)Nc2cc(Cl)cc(Cl)c2)nc2ccsc2c1=O. The summed E-state index contributed by atoms with van der Waals surface area (Å²) in [6, 6.07) is 13.8. The van der Waals surface area contributed by atoms with Gasteiger partial charge < -0.3 is 10.1 Å². The van der Waals surface area contributed by atoms with Crippen molar-refractivity contribution in [1.82, 2.24) is 9.55 Å². The van der Waals surface area contributed by atoms with E-state index in [0.717, 1.165) is 11.8 Å². The number of fused-ring (bicyclic) bond motifs is 1. The lowest BCUT2D eigenvalue weighted by Gasteiger charge is -2.15. The minimum Gasteiger partial charge on any atom is -0.495 e. The molecule has 1 amide bonds. The van der Waals surface area contributed by atoms with E-state index in [9.17, 15) is 9.59 Å². The van der Waals surface area contributed by atoms with E-state index in [1.807, 2.05) is 17.5 Å². The molecule has 0 saturated heterocycles. The number of carbonyl (C=O) groups is 1. The Hall–Kier alpha value is -2.52. The molecule has 0 aliphatic rings. The predicted molar refractivity (Wildman–Crippen MR) is 128 cm³/mol. The third-order valence-corrected chi connectivity index (χ3v) is 6.52. The average Bonchev–Trinajstić information content (AvgIpc) is 3.20. The fourth-order valence-corrected chi connectivity index (χ4v) is 5.06. The van der Waals surface area contributed by atoms with Crippen LogP contribution in [0.15, 0.2) is 63.9 Å². The van der Waals surface area contributed by atoms with Crippen LogP contribution in [-0.4, -0.2) is 28.3 Å². The summed E-state index contributed by atoms with van der Waals surface area (Å²) >= 11 is 14.4. The van der Waals surface area contributed by atoms with Crippen LogP contribution in [0.1, 0.15) is 0 Å². The standard InChI is InChI=1S/C21H15Cl2N3O3S2/c1-29-17-5-3-2-4-16(17)26-20(28)19-15(6-7-30-19)25-21(26)31-11-18(27)24-14-9-12(22)8-13(23)10-14/h2-10H,11H2,1H3,(H,24,27). The molecule has 0 saturated carbocycles. The van der Waals surface area contributed by atoms with Gasteiger partial charge in [-0.3, -0.25) is 14.2 Å². The lowest BCUT2D eigenvalue weighted by atomic mass is 10.3. The molecule has 158 valence electrons. The first-order valence-electron chi connectivity index (χ1n) is 8.98. The van der Waals surface area contributed by atoms with Crippen LogP contribution in [-0.2, 0) is 4.79 Å². The van der Waals surface area contributed by atoms with Gasteiger partial charge in [-0.1, -0.05) is 47.1 Å². The molecule has 0 atom stereocenters. The van der Waals surface area contributed by atoms with Gasteiger partial charge >= 0.3 is 0 Å². The Labute approximate surface area is 195 Å². The highest BCUT2D eigenvalue weighted by molar-refractivity contribution is 7.99. The van der Waals surface area contributed by atoms with E-state index < -0.39 is 0 Å². The second kappa shape index (κ2) is 9.32. The highest BCUT2D eigenvalue weighted by Gasteiger charge is 2.18. The number of aromatic nitrogens is 2. The number of thioether (sulfide) groups is 1. The van der Waals surface area contributed by atoms with Crippen molar-refractivity contribution >= 4 is 68.1 Å². The molecule has 0 aliphatic carbocycles. The van der Waals surface area contributed by atoms with E-state index >= 15 is 0 Å². The van der Waals surface area contributed by atoms with E-state index in [-0.39, 0.29) is 17.2 Å². The zero-order chi connectivity index (χ0) is 22.0. The molecule has 0 unspecified atom stereocenters. The molecule has 2 aromatic heterocycles. The number of benzene rings is 2. The van der Waals surface area contributed by atoms with E-state index in [4.69, 9.17) is 27.9 Å². The fraction of sp³-hybridized carbons (Fsp3) is 0.0952. The minimum absolute atomic E-state index is 0.0291. The van der Waals surface area contributed by atoms with Crippen LogP contribution >= 0.6 is 46.3 Å². The van der Waals surface area contributed by atoms with Crippen LogP contribution in [0.25, 0.3) is 15.9 Å². The fourth-order valence-electron chi connectivity index (χ4n) is 2.97. The maximum absolute atomic E-state index is 13.2. The van der Waals surface area contributed by atoms with Crippen LogP contribution in [0.3, 0.4) is 0 Å². The molecule has 0 fully saturated rings. The van der Waals surface area contributed by atoms with Crippen molar-refractivity contribution < 1.29 is 9.53 Å². The van der Waals surface area contributed by atoms with Gasteiger partial charge in [-0.15, -0.1) is 11.3 Å². The van der Waals surface area contributed by atoms with Crippen molar-refractivity contribution in [3.8, 4) is 11.4 Å². The smallest absolute Gasteiger partial charge is 0.276 e.